The summed E-state index contributed by atoms with van der Waals surface area (Å²) in [7, 11) is 0. The van der Waals surface area contributed by atoms with Gasteiger partial charge in [-0.15, -0.1) is 0 Å². The SMILES string of the molecule is N[C@H]1Nc2c(-c3ccccc3)cccc21. The van der Waals surface area contributed by atoms with Gasteiger partial charge in [0, 0.05) is 11.1 Å². The maximum atomic E-state index is 5.83. The van der Waals surface area contributed by atoms with Gasteiger partial charge in [-0.1, -0.05) is 48.5 Å². The number of para-hydroxylation sites is 1. The normalized spacial score (nSPS) is 17.5. The average Bonchev–Trinajstić information content (AvgIpc) is 2.29. The molecule has 0 saturated carbocycles. The fourth-order valence-electron chi connectivity index (χ4n) is 2.00. The number of rotatable bonds is 1. The van der Waals surface area contributed by atoms with Gasteiger partial charge in [0.2, 0.25) is 0 Å². The fourth-order valence-corrected chi connectivity index (χ4v) is 2.00. The Bertz CT molecular complexity index is 491. The van der Waals surface area contributed by atoms with Gasteiger partial charge in [0.25, 0.3) is 0 Å². The zero-order chi connectivity index (χ0) is 10.3. The monoisotopic (exact) mass is 196 g/mol. The molecule has 2 nitrogen and oxygen atoms in total. The van der Waals surface area contributed by atoms with Crippen molar-refractivity contribution < 1.29 is 0 Å². The van der Waals surface area contributed by atoms with Crippen LogP contribution < -0.4 is 11.1 Å². The van der Waals surface area contributed by atoms with E-state index in [-0.39, 0.29) is 6.17 Å². The molecule has 2 aromatic carbocycles. The van der Waals surface area contributed by atoms with E-state index in [2.05, 4.69) is 35.6 Å². The van der Waals surface area contributed by atoms with E-state index in [1.54, 1.807) is 0 Å². The number of benzene rings is 2. The highest BCUT2D eigenvalue weighted by Gasteiger charge is 2.24. The Balaban J connectivity index is 2.15. The first-order chi connectivity index (χ1) is 7.36. The summed E-state index contributed by atoms with van der Waals surface area (Å²) in [6.45, 7) is 0. The number of nitrogens with two attached hydrogens (primary N) is 1. The van der Waals surface area contributed by atoms with Crippen LogP contribution in [0.25, 0.3) is 11.1 Å². The molecule has 15 heavy (non-hydrogen) atoms. The zero-order valence-corrected chi connectivity index (χ0v) is 8.27. The minimum Gasteiger partial charge on any atom is -0.365 e. The lowest BCUT2D eigenvalue weighted by Crippen LogP contribution is -2.30. The second-order valence-corrected chi connectivity index (χ2v) is 3.76. The molecule has 1 aliphatic heterocycles. The molecule has 0 bridgehead atoms. The van der Waals surface area contributed by atoms with Gasteiger partial charge in [0.15, 0.2) is 0 Å². The summed E-state index contributed by atoms with van der Waals surface area (Å²) >= 11 is 0. The van der Waals surface area contributed by atoms with Crippen LogP contribution in [0.15, 0.2) is 48.5 Å². The minimum absolute atomic E-state index is 0.00339. The number of anilines is 1. The molecular weight excluding hydrogens is 184 g/mol. The van der Waals surface area contributed by atoms with E-state index in [9.17, 15) is 0 Å². The molecule has 74 valence electrons. The third kappa shape index (κ3) is 1.22. The second kappa shape index (κ2) is 3.11. The van der Waals surface area contributed by atoms with Crippen LogP contribution in [0, 0.1) is 0 Å². The van der Waals surface area contributed by atoms with E-state index < -0.39 is 0 Å². The molecule has 1 aliphatic rings. The van der Waals surface area contributed by atoms with E-state index in [0.29, 0.717) is 0 Å². The third-order valence-corrected chi connectivity index (χ3v) is 2.82. The highest BCUT2D eigenvalue weighted by Crippen LogP contribution is 2.40. The molecule has 0 radical (unpaired) electrons. The molecule has 0 aliphatic carbocycles. The quantitative estimate of drug-likeness (QED) is 0.736. The van der Waals surface area contributed by atoms with Crippen LogP contribution in [0.2, 0.25) is 0 Å². The van der Waals surface area contributed by atoms with Crippen molar-refractivity contribution >= 4 is 5.69 Å². The van der Waals surface area contributed by atoms with Crippen molar-refractivity contribution in [1.82, 2.24) is 0 Å². The second-order valence-electron chi connectivity index (χ2n) is 3.76. The van der Waals surface area contributed by atoms with Gasteiger partial charge in [0.1, 0.15) is 6.17 Å². The number of hydrogen-bond acceptors (Lipinski definition) is 2. The number of hydrogen-bond donors (Lipinski definition) is 2. The Morgan fingerprint density at radius 3 is 2.47 bits per heavy atom. The molecule has 0 aromatic heterocycles. The fraction of sp³-hybridized carbons (Fsp3) is 0.0769. The van der Waals surface area contributed by atoms with Gasteiger partial charge >= 0.3 is 0 Å². The number of nitrogens with one attached hydrogen (secondary N) is 1. The summed E-state index contributed by atoms with van der Waals surface area (Å²) in [6, 6.07) is 16.6. The Morgan fingerprint density at radius 2 is 1.73 bits per heavy atom. The summed E-state index contributed by atoms with van der Waals surface area (Å²) in [5, 5.41) is 3.23. The van der Waals surface area contributed by atoms with Crippen molar-refractivity contribution in [3.8, 4) is 11.1 Å². The van der Waals surface area contributed by atoms with Gasteiger partial charge in [-0.3, -0.25) is 0 Å². The van der Waals surface area contributed by atoms with Crippen molar-refractivity contribution in [2.45, 2.75) is 6.17 Å². The van der Waals surface area contributed by atoms with Crippen LogP contribution in [0.4, 0.5) is 5.69 Å². The van der Waals surface area contributed by atoms with E-state index in [1.807, 2.05) is 18.2 Å². The van der Waals surface area contributed by atoms with E-state index in [4.69, 9.17) is 5.73 Å². The molecule has 3 N–H and O–H groups in total. The van der Waals surface area contributed by atoms with Gasteiger partial charge < -0.3 is 11.1 Å². The standard InChI is InChI=1S/C13H12N2/c14-13-11-8-4-7-10(12(11)15-13)9-5-2-1-3-6-9/h1-8,13,15H,14H2/t13-/m0/s1. The number of fused-ring (bicyclic) bond motifs is 1. The largest absolute Gasteiger partial charge is 0.365 e. The highest BCUT2D eigenvalue weighted by atomic mass is 15.1. The van der Waals surface area contributed by atoms with Gasteiger partial charge in [-0.2, -0.15) is 0 Å². The summed E-state index contributed by atoms with van der Waals surface area (Å²) in [6.07, 6.45) is 0.00339. The molecular formula is C13H12N2. The van der Waals surface area contributed by atoms with Crippen molar-refractivity contribution in [2.24, 2.45) is 5.73 Å². The van der Waals surface area contributed by atoms with Crippen LogP contribution in [0.3, 0.4) is 0 Å². The van der Waals surface area contributed by atoms with Crippen molar-refractivity contribution in [1.29, 1.82) is 0 Å². The summed E-state index contributed by atoms with van der Waals surface area (Å²) in [5.74, 6) is 0. The van der Waals surface area contributed by atoms with Crippen LogP contribution in [0.1, 0.15) is 11.7 Å². The molecule has 0 spiro atoms. The van der Waals surface area contributed by atoms with Crippen molar-refractivity contribution in [3.63, 3.8) is 0 Å². The lowest BCUT2D eigenvalue weighted by molar-refractivity contribution is 0.778. The van der Waals surface area contributed by atoms with Gasteiger partial charge in [-0.25, -0.2) is 0 Å². The van der Waals surface area contributed by atoms with E-state index in [1.165, 1.54) is 22.4 Å². The predicted octanol–water partition coefficient (Wildman–Crippen LogP) is 2.74. The molecule has 1 atom stereocenters. The van der Waals surface area contributed by atoms with Crippen LogP contribution in [-0.4, -0.2) is 0 Å². The average molecular weight is 196 g/mol. The van der Waals surface area contributed by atoms with Crippen LogP contribution >= 0.6 is 0 Å². The first-order valence-corrected chi connectivity index (χ1v) is 5.07. The Labute approximate surface area is 88.7 Å². The molecule has 3 rings (SSSR count). The van der Waals surface area contributed by atoms with Crippen molar-refractivity contribution in [2.75, 3.05) is 5.32 Å². The third-order valence-electron chi connectivity index (χ3n) is 2.82. The van der Waals surface area contributed by atoms with Crippen molar-refractivity contribution in [3.05, 3.63) is 54.1 Å². The highest BCUT2D eigenvalue weighted by molar-refractivity contribution is 5.84. The summed E-state index contributed by atoms with van der Waals surface area (Å²) in [5.41, 5.74) is 10.7. The predicted molar refractivity (Wildman–Crippen MR) is 62.4 cm³/mol. The molecule has 0 unspecified atom stereocenters. The molecule has 0 saturated heterocycles. The van der Waals surface area contributed by atoms with E-state index >= 15 is 0 Å². The van der Waals surface area contributed by atoms with Crippen LogP contribution in [0.5, 0.6) is 0 Å². The summed E-state index contributed by atoms with van der Waals surface area (Å²) in [4.78, 5) is 0. The smallest absolute Gasteiger partial charge is 0.103 e. The van der Waals surface area contributed by atoms with Gasteiger partial charge in [0.05, 0.1) is 5.69 Å². The van der Waals surface area contributed by atoms with Crippen LogP contribution in [-0.2, 0) is 0 Å². The molecule has 2 aromatic rings. The minimum atomic E-state index is 0.00339. The maximum Gasteiger partial charge on any atom is 0.103 e. The molecule has 1 heterocycles. The molecule has 0 amide bonds. The lowest BCUT2D eigenvalue weighted by atomic mass is 9.94. The summed E-state index contributed by atoms with van der Waals surface area (Å²) < 4.78 is 0. The topological polar surface area (TPSA) is 38.0 Å². The Kier molecular flexibility index (Phi) is 1.76. The molecule has 0 fully saturated rings. The Hall–Kier alpha value is -1.80. The maximum absolute atomic E-state index is 5.83. The first-order valence-electron chi connectivity index (χ1n) is 5.07. The first kappa shape index (κ1) is 8.50. The molecule has 2 heteroatoms. The van der Waals surface area contributed by atoms with Gasteiger partial charge in [-0.05, 0) is 5.56 Å². The lowest BCUT2D eigenvalue weighted by Gasteiger charge is -2.31. The van der Waals surface area contributed by atoms with E-state index in [0.717, 1.165) is 0 Å². The Morgan fingerprint density at radius 1 is 0.933 bits per heavy atom. The zero-order valence-electron chi connectivity index (χ0n) is 8.27.